The molecule has 0 fully saturated rings. The highest BCUT2D eigenvalue weighted by Crippen LogP contribution is 2.21. The molecule has 0 amide bonds. The van der Waals surface area contributed by atoms with Crippen molar-refractivity contribution in [3.05, 3.63) is 48.4 Å². The van der Waals surface area contributed by atoms with E-state index in [1.54, 1.807) is 12.6 Å². The Morgan fingerprint density at radius 2 is 1.95 bits per heavy atom. The van der Waals surface area contributed by atoms with Crippen LogP contribution in [-0.4, -0.2) is 30.0 Å². The number of rotatable bonds is 3. The number of aromatic nitrogens is 4. The molecule has 0 bridgehead atoms. The molecule has 6 heteroatoms. The van der Waals surface area contributed by atoms with Crippen molar-refractivity contribution in [2.75, 3.05) is 6.26 Å². The van der Waals surface area contributed by atoms with Crippen LogP contribution in [0.15, 0.2) is 47.9 Å². The highest BCUT2D eigenvalue weighted by atomic mass is 32.2. The fourth-order valence-corrected chi connectivity index (χ4v) is 2.52. The molecule has 5 nitrogen and oxygen atoms in total. The zero-order valence-electron chi connectivity index (χ0n) is 11.2. The number of fused-ring (bicyclic) bond motifs is 1. The highest BCUT2D eigenvalue weighted by Gasteiger charge is 2.14. The molecule has 0 saturated heterocycles. The maximum absolute atomic E-state index is 11.5. The van der Waals surface area contributed by atoms with Gasteiger partial charge in [0.2, 0.25) is 0 Å². The summed E-state index contributed by atoms with van der Waals surface area (Å²) in [5.41, 5.74) is 2.40. The fourth-order valence-electron chi connectivity index (χ4n) is 2.11. The highest BCUT2D eigenvalue weighted by molar-refractivity contribution is 7.84. The van der Waals surface area contributed by atoms with Crippen LogP contribution < -0.4 is 0 Å². The van der Waals surface area contributed by atoms with Crippen LogP contribution >= 0.6 is 0 Å². The van der Waals surface area contributed by atoms with Crippen molar-refractivity contribution in [2.45, 2.75) is 18.0 Å². The molecule has 20 heavy (non-hydrogen) atoms. The number of imidazole rings is 1. The lowest BCUT2D eigenvalue weighted by molar-refractivity contribution is 0.649. The summed E-state index contributed by atoms with van der Waals surface area (Å²) in [4.78, 5) is 12.9. The second-order valence-electron chi connectivity index (χ2n) is 4.55. The van der Waals surface area contributed by atoms with Crippen molar-refractivity contribution in [1.29, 1.82) is 0 Å². The van der Waals surface area contributed by atoms with Crippen molar-refractivity contribution < 1.29 is 4.21 Å². The number of hydrogen-bond donors (Lipinski definition) is 0. The first-order valence-corrected chi connectivity index (χ1v) is 7.80. The summed E-state index contributed by atoms with van der Waals surface area (Å²) in [7, 11) is -1.15. The summed E-state index contributed by atoms with van der Waals surface area (Å²) in [5, 5.41) is 0.472. The lowest BCUT2D eigenvalue weighted by Crippen LogP contribution is -2.07. The van der Waals surface area contributed by atoms with Crippen molar-refractivity contribution in [2.24, 2.45) is 0 Å². The van der Waals surface area contributed by atoms with Crippen LogP contribution in [0.25, 0.3) is 11.3 Å². The maximum atomic E-state index is 11.5. The van der Waals surface area contributed by atoms with E-state index in [4.69, 9.17) is 0 Å². The van der Waals surface area contributed by atoms with Crippen molar-refractivity contribution >= 4 is 22.1 Å². The summed E-state index contributed by atoms with van der Waals surface area (Å²) in [6.45, 7) is 2.08. The number of hydrogen-bond acceptors (Lipinski definition) is 4. The van der Waals surface area contributed by atoms with Gasteiger partial charge in [0.15, 0.2) is 11.3 Å². The largest absolute Gasteiger partial charge is 0.307 e. The smallest absolute Gasteiger partial charge is 0.197 e. The average molecular weight is 286 g/mol. The summed E-state index contributed by atoms with van der Waals surface area (Å²) in [5.74, 6) is 0. The summed E-state index contributed by atoms with van der Waals surface area (Å²) < 4.78 is 13.5. The lowest BCUT2D eigenvalue weighted by atomic mass is 10.1. The number of benzene rings is 1. The van der Waals surface area contributed by atoms with E-state index >= 15 is 0 Å². The molecule has 0 aliphatic rings. The van der Waals surface area contributed by atoms with E-state index in [-0.39, 0.29) is 6.04 Å². The van der Waals surface area contributed by atoms with Gasteiger partial charge in [-0.3, -0.25) is 4.21 Å². The fraction of sp³-hybridized carbons (Fsp3) is 0.214. The zero-order valence-corrected chi connectivity index (χ0v) is 12.0. The molecular formula is C14H14N4OS. The Morgan fingerprint density at radius 1 is 1.20 bits per heavy atom. The van der Waals surface area contributed by atoms with E-state index < -0.39 is 10.8 Å². The van der Waals surface area contributed by atoms with Gasteiger partial charge in [0.1, 0.15) is 5.03 Å². The van der Waals surface area contributed by atoms with Gasteiger partial charge in [-0.05, 0) is 12.5 Å². The third kappa shape index (κ3) is 2.22. The molecule has 1 unspecified atom stereocenters. The van der Waals surface area contributed by atoms with Crippen LogP contribution in [-0.2, 0) is 10.8 Å². The van der Waals surface area contributed by atoms with Crippen LogP contribution in [0.1, 0.15) is 18.5 Å². The Hall–Kier alpha value is -2.08. The van der Waals surface area contributed by atoms with Gasteiger partial charge in [0.25, 0.3) is 0 Å². The molecule has 0 spiro atoms. The van der Waals surface area contributed by atoms with E-state index in [0.29, 0.717) is 16.3 Å². The van der Waals surface area contributed by atoms with Crippen LogP contribution in [0.5, 0.6) is 0 Å². The molecule has 3 aromatic rings. The SMILES string of the molecule is C[C@@H](c1ccccc1)n1cnc2ncc(S(C)=O)nc21. The molecule has 0 radical (unpaired) electrons. The first kappa shape index (κ1) is 12.9. The lowest BCUT2D eigenvalue weighted by Gasteiger charge is -2.14. The first-order valence-electron chi connectivity index (χ1n) is 6.25. The molecule has 2 atom stereocenters. The Bertz CT molecular complexity index is 769. The summed E-state index contributed by atoms with van der Waals surface area (Å²) in [6.07, 6.45) is 4.84. The first-order chi connectivity index (χ1) is 9.66. The molecule has 2 heterocycles. The quantitative estimate of drug-likeness (QED) is 0.740. The zero-order chi connectivity index (χ0) is 14.1. The Balaban J connectivity index is 2.12. The predicted molar refractivity (Wildman–Crippen MR) is 77.9 cm³/mol. The normalized spacial score (nSPS) is 14.3. The minimum absolute atomic E-state index is 0.0936. The van der Waals surface area contributed by atoms with Crippen molar-refractivity contribution in [1.82, 2.24) is 19.5 Å². The molecule has 1 aromatic carbocycles. The molecule has 0 saturated carbocycles. The minimum Gasteiger partial charge on any atom is -0.307 e. The Kier molecular flexibility index (Phi) is 3.31. The van der Waals surface area contributed by atoms with E-state index in [0.717, 1.165) is 5.56 Å². The van der Waals surface area contributed by atoms with E-state index in [9.17, 15) is 4.21 Å². The van der Waals surface area contributed by atoms with Crippen LogP contribution in [0, 0.1) is 0 Å². The Labute approximate surface area is 119 Å². The van der Waals surface area contributed by atoms with Gasteiger partial charge >= 0.3 is 0 Å². The minimum atomic E-state index is -1.15. The second-order valence-corrected chi connectivity index (χ2v) is 5.87. The van der Waals surface area contributed by atoms with Gasteiger partial charge in [-0.1, -0.05) is 30.3 Å². The van der Waals surface area contributed by atoms with E-state index in [2.05, 4.69) is 34.0 Å². The van der Waals surface area contributed by atoms with Gasteiger partial charge in [-0.25, -0.2) is 15.0 Å². The van der Waals surface area contributed by atoms with Gasteiger partial charge in [0, 0.05) is 6.26 Å². The maximum Gasteiger partial charge on any atom is 0.197 e. The molecule has 0 aliphatic carbocycles. The van der Waals surface area contributed by atoms with Crippen molar-refractivity contribution in [3.8, 4) is 0 Å². The summed E-state index contributed by atoms with van der Waals surface area (Å²) >= 11 is 0. The van der Waals surface area contributed by atoms with Gasteiger partial charge in [-0.15, -0.1) is 0 Å². The average Bonchev–Trinajstić information content (AvgIpc) is 2.90. The monoisotopic (exact) mass is 286 g/mol. The standard InChI is InChI=1S/C14H14N4OS/c1-10(11-6-4-3-5-7-11)18-9-16-13-14(18)17-12(8-15-13)20(2)19/h3-10H,1-2H3/t10-,20?/m0/s1. The Morgan fingerprint density at radius 3 is 2.65 bits per heavy atom. The van der Waals surface area contributed by atoms with Crippen molar-refractivity contribution in [3.63, 3.8) is 0 Å². The van der Waals surface area contributed by atoms with Crippen LogP contribution in [0.4, 0.5) is 0 Å². The third-order valence-electron chi connectivity index (χ3n) is 3.26. The molecule has 0 N–H and O–H groups in total. The third-order valence-corrected chi connectivity index (χ3v) is 4.04. The predicted octanol–water partition coefficient (Wildman–Crippen LogP) is 2.17. The van der Waals surface area contributed by atoms with E-state index in [1.165, 1.54) is 6.20 Å². The van der Waals surface area contributed by atoms with Crippen LogP contribution in [0.2, 0.25) is 0 Å². The van der Waals surface area contributed by atoms with Gasteiger partial charge < -0.3 is 4.57 Å². The summed E-state index contributed by atoms with van der Waals surface area (Å²) in [6, 6.07) is 10.2. The molecular weight excluding hydrogens is 272 g/mol. The number of nitrogens with zero attached hydrogens (tertiary/aromatic N) is 4. The van der Waals surface area contributed by atoms with E-state index in [1.807, 2.05) is 22.8 Å². The molecule has 2 aromatic heterocycles. The van der Waals surface area contributed by atoms with Crippen LogP contribution in [0.3, 0.4) is 0 Å². The molecule has 102 valence electrons. The second kappa shape index (κ2) is 5.13. The molecule has 3 rings (SSSR count). The molecule has 0 aliphatic heterocycles. The topological polar surface area (TPSA) is 60.7 Å². The van der Waals surface area contributed by atoms with Gasteiger partial charge in [-0.2, -0.15) is 0 Å². The van der Waals surface area contributed by atoms with Gasteiger partial charge in [0.05, 0.1) is 29.4 Å².